The summed E-state index contributed by atoms with van der Waals surface area (Å²) in [7, 11) is 1.74. The standard InChI is InChI=1S/C19H18N6O2S2/c1-3-27-13-9-10-14-15(11-13)28-18(20-14)21-17(26)16(12-7-5-4-6-8-12)29-19-22-23-24-25(19)2/h4-11,16H,3H2,1-2H3,(H,20,21,26)/t16-/m0/s1. The highest BCUT2D eigenvalue weighted by Gasteiger charge is 2.25. The molecule has 10 heteroatoms. The molecular weight excluding hydrogens is 408 g/mol. The molecule has 0 fully saturated rings. The third kappa shape index (κ3) is 4.38. The molecule has 4 aromatic rings. The van der Waals surface area contributed by atoms with Crippen LogP contribution in [0.2, 0.25) is 0 Å². The first-order valence-electron chi connectivity index (χ1n) is 8.92. The summed E-state index contributed by atoms with van der Waals surface area (Å²) in [6.45, 7) is 2.54. The largest absolute Gasteiger partial charge is 0.494 e. The average molecular weight is 427 g/mol. The number of aryl methyl sites for hydroxylation is 1. The Kier molecular flexibility index (Phi) is 5.72. The zero-order valence-corrected chi connectivity index (χ0v) is 17.4. The molecule has 1 atom stereocenters. The van der Waals surface area contributed by atoms with Gasteiger partial charge in [-0.2, -0.15) is 0 Å². The highest BCUT2D eigenvalue weighted by molar-refractivity contribution is 8.00. The lowest BCUT2D eigenvalue weighted by atomic mass is 10.1. The summed E-state index contributed by atoms with van der Waals surface area (Å²) in [5, 5.41) is 15.0. The molecule has 2 heterocycles. The molecule has 0 aliphatic heterocycles. The second-order valence-corrected chi connectivity index (χ2v) is 8.17. The van der Waals surface area contributed by atoms with Gasteiger partial charge in [-0.1, -0.05) is 53.4 Å². The van der Waals surface area contributed by atoms with E-state index in [1.54, 1.807) is 11.7 Å². The highest BCUT2D eigenvalue weighted by atomic mass is 32.2. The van der Waals surface area contributed by atoms with Crippen molar-refractivity contribution in [2.24, 2.45) is 7.05 Å². The number of amides is 1. The number of hydrogen-bond donors (Lipinski definition) is 1. The van der Waals surface area contributed by atoms with Gasteiger partial charge in [0.2, 0.25) is 11.1 Å². The van der Waals surface area contributed by atoms with E-state index in [4.69, 9.17) is 4.74 Å². The summed E-state index contributed by atoms with van der Waals surface area (Å²) >= 11 is 2.70. The smallest absolute Gasteiger partial charge is 0.244 e. The number of benzene rings is 2. The maximum absolute atomic E-state index is 13.1. The molecule has 148 valence electrons. The number of ether oxygens (including phenoxy) is 1. The van der Waals surface area contributed by atoms with Crippen molar-refractivity contribution in [2.75, 3.05) is 11.9 Å². The summed E-state index contributed by atoms with van der Waals surface area (Å²) in [6, 6.07) is 15.2. The number of thiazole rings is 1. The highest BCUT2D eigenvalue weighted by Crippen LogP contribution is 2.36. The van der Waals surface area contributed by atoms with Crippen molar-refractivity contribution in [1.82, 2.24) is 25.2 Å². The average Bonchev–Trinajstić information content (AvgIpc) is 3.31. The van der Waals surface area contributed by atoms with Crippen LogP contribution in [0.15, 0.2) is 53.7 Å². The number of rotatable bonds is 7. The van der Waals surface area contributed by atoms with Crippen LogP contribution in [0.3, 0.4) is 0 Å². The van der Waals surface area contributed by atoms with E-state index in [0.29, 0.717) is 16.9 Å². The lowest BCUT2D eigenvalue weighted by molar-refractivity contribution is -0.115. The minimum absolute atomic E-state index is 0.187. The van der Waals surface area contributed by atoms with Gasteiger partial charge < -0.3 is 10.1 Å². The molecule has 0 radical (unpaired) electrons. The Hall–Kier alpha value is -2.98. The molecule has 0 unspecified atom stereocenters. The van der Waals surface area contributed by atoms with E-state index >= 15 is 0 Å². The molecule has 0 saturated carbocycles. The van der Waals surface area contributed by atoms with E-state index in [2.05, 4.69) is 25.8 Å². The van der Waals surface area contributed by atoms with Crippen molar-refractivity contribution in [3.05, 3.63) is 54.1 Å². The number of thioether (sulfide) groups is 1. The quantitative estimate of drug-likeness (QED) is 0.450. The van der Waals surface area contributed by atoms with E-state index in [1.807, 2.05) is 55.5 Å². The van der Waals surface area contributed by atoms with Crippen LogP contribution >= 0.6 is 23.1 Å². The fourth-order valence-corrected chi connectivity index (χ4v) is 4.55. The summed E-state index contributed by atoms with van der Waals surface area (Å²) in [5.74, 6) is 0.599. The van der Waals surface area contributed by atoms with Crippen molar-refractivity contribution in [3.63, 3.8) is 0 Å². The molecule has 0 saturated heterocycles. The first-order chi connectivity index (χ1) is 14.1. The van der Waals surface area contributed by atoms with Crippen LogP contribution in [0.1, 0.15) is 17.7 Å². The van der Waals surface area contributed by atoms with Crippen LogP contribution in [-0.2, 0) is 11.8 Å². The number of tetrazole rings is 1. The Labute approximate surface area is 175 Å². The fourth-order valence-electron chi connectivity index (χ4n) is 2.71. The van der Waals surface area contributed by atoms with E-state index in [0.717, 1.165) is 21.5 Å². The van der Waals surface area contributed by atoms with Crippen LogP contribution in [-0.4, -0.2) is 37.7 Å². The van der Waals surface area contributed by atoms with Crippen LogP contribution in [0.25, 0.3) is 10.2 Å². The number of hydrogen-bond acceptors (Lipinski definition) is 8. The van der Waals surface area contributed by atoms with Crippen molar-refractivity contribution in [1.29, 1.82) is 0 Å². The lowest BCUT2D eigenvalue weighted by Gasteiger charge is -2.14. The molecule has 2 aromatic carbocycles. The van der Waals surface area contributed by atoms with Gasteiger partial charge in [0.25, 0.3) is 0 Å². The van der Waals surface area contributed by atoms with Crippen LogP contribution in [0.4, 0.5) is 5.13 Å². The zero-order chi connectivity index (χ0) is 20.2. The van der Waals surface area contributed by atoms with Gasteiger partial charge in [0, 0.05) is 7.05 Å². The van der Waals surface area contributed by atoms with Crippen LogP contribution in [0.5, 0.6) is 5.75 Å². The molecule has 1 N–H and O–H groups in total. The maximum Gasteiger partial charge on any atom is 0.244 e. The number of fused-ring (bicyclic) bond motifs is 1. The zero-order valence-electron chi connectivity index (χ0n) is 15.8. The number of nitrogens with one attached hydrogen (secondary N) is 1. The van der Waals surface area contributed by atoms with Gasteiger partial charge in [0.05, 0.1) is 16.8 Å². The first-order valence-corrected chi connectivity index (χ1v) is 10.6. The molecule has 0 bridgehead atoms. The Bertz CT molecular complexity index is 1130. The molecule has 4 rings (SSSR count). The van der Waals surface area contributed by atoms with E-state index in [9.17, 15) is 4.79 Å². The molecular formula is C19H18N6O2S2. The van der Waals surface area contributed by atoms with Crippen molar-refractivity contribution in [3.8, 4) is 5.75 Å². The van der Waals surface area contributed by atoms with Crippen molar-refractivity contribution < 1.29 is 9.53 Å². The van der Waals surface area contributed by atoms with Crippen LogP contribution < -0.4 is 10.1 Å². The molecule has 0 aliphatic carbocycles. The lowest BCUT2D eigenvalue weighted by Crippen LogP contribution is -2.19. The van der Waals surface area contributed by atoms with Crippen LogP contribution in [0, 0.1) is 0 Å². The number of nitrogens with zero attached hydrogens (tertiary/aromatic N) is 5. The van der Waals surface area contributed by atoms with E-state index < -0.39 is 5.25 Å². The van der Waals surface area contributed by atoms with Gasteiger partial charge in [-0.25, -0.2) is 9.67 Å². The molecule has 0 aliphatic rings. The minimum Gasteiger partial charge on any atom is -0.494 e. The predicted molar refractivity (Wildman–Crippen MR) is 113 cm³/mol. The molecule has 1 amide bonds. The van der Waals surface area contributed by atoms with Gasteiger partial charge in [-0.3, -0.25) is 4.79 Å². The summed E-state index contributed by atoms with van der Waals surface area (Å²) in [5.41, 5.74) is 1.67. The monoisotopic (exact) mass is 426 g/mol. The third-order valence-electron chi connectivity index (χ3n) is 4.05. The number of aromatic nitrogens is 5. The second-order valence-electron chi connectivity index (χ2n) is 6.06. The Morgan fingerprint density at radius 1 is 1.28 bits per heavy atom. The van der Waals surface area contributed by atoms with Gasteiger partial charge in [0.1, 0.15) is 11.0 Å². The maximum atomic E-state index is 13.1. The summed E-state index contributed by atoms with van der Waals surface area (Å²) in [6.07, 6.45) is 0. The number of carbonyl (C=O) groups is 1. The van der Waals surface area contributed by atoms with Gasteiger partial charge in [0.15, 0.2) is 5.13 Å². The third-order valence-corrected chi connectivity index (χ3v) is 6.26. The van der Waals surface area contributed by atoms with Gasteiger partial charge in [-0.05, 0) is 41.1 Å². The minimum atomic E-state index is -0.521. The van der Waals surface area contributed by atoms with Gasteiger partial charge >= 0.3 is 0 Å². The Morgan fingerprint density at radius 2 is 2.10 bits per heavy atom. The Morgan fingerprint density at radius 3 is 2.83 bits per heavy atom. The van der Waals surface area contributed by atoms with E-state index in [-0.39, 0.29) is 5.91 Å². The molecule has 0 spiro atoms. The fraction of sp³-hybridized carbons (Fsp3) is 0.211. The number of carbonyl (C=O) groups excluding carboxylic acids is 1. The molecule has 29 heavy (non-hydrogen) atoms. The SMILES string of the molecule is CCOc1ccc2nc(NC(=O)[C@@H](Sc3nnnn3C)c3ccccc3)sc2c1. The summed E-state index contributed by atoms with van der Waals surface area (Å²) in [4.78, 5) is 17.6. The predicted octanol–water partition coefficient (Wildman–Crippen LogP) is 3.69. The van der Waals surface area contributed by atoms with Gasteiger partial charge in [-0.15, -0.1) is 5.10 Å². The molecule has 8 nitrogen and oxygen atoms in total. The first kappa shape index (κ1) is 19.3. The normalized spacial score (nSPS) is 12.1. The number of anilines is 1. The van der Waals surface area contributed by atoms with Crippen molar-refractivity contribution >= 4 is 44.4 Å². The topological polar surface area (TPSA) is 94.8 Å². The molecule has 2 aromatic heterocycles. The van der Waals surface area contributed by atoms with E-state index in [1.165, 1.54) is 23.1 Å². The second kappa shape index (κ2) is 8.58. The Balaban J connectivity index is 1.59. The van der Waals surface area contributed by atoms with Crippen molar-refractivity contribution in [2.45, 2.75) is 17.3 Å². The summed E-state index contributed by atoms with van der Waals surface area (Å²) < 4.78 is 8.03.